The first-order chi connectivity index (χ1) is 9.81. The van der Waals surface area contributed by atoms with E-state index in [1.165, 1.54) is 24.3 Å². The highest BCUT2D eigenvalue weighted by Gasteiger charge is 2.20. The maximum Gasteiger partial charge on any atom is 0.243 e. The molecule has 0 saturated heterocycles. The van der Waals surface area contributed by atoms with E-state index in [1.807, 2.05) is 0 Å². The van der Waals surface area contributed by atoms with Crippen LogP contribution >= 0.6 is 15.9 Å². The summed E-state index contributed by atoms with van der Waals surface area (Å²) in [4.78, 5) is 0.0533. The van der Waals surface area contributed by atoms with Gasteiger partial charge in [0, 0.05) is 11.0 Å². The first-order valence-electron chi connectivity index (χ1n) is 6.10. The predicted octanol–water partition coefficient (Wildman–Crippen LogP) is 2.96. The molecule has 0 saturated carbocycles. The van der Waals surface area contributed by atoms with E-state index in [-0.39, 0.29) is 17.1 Å². The lowest BCUT2D eigenvalue weighted by molar-refractivity contribution is 0.580. The Kier molecular flexibility index (Phi) is 4.65. The molecule has 0 bridgehead atoms. The largest absolute Gasteiger partial charge is 0.398 e. The lowest BCUT2D eigenvalue weighted by Gasteiger charge is -2.12. The first kappa shape index (κ1) is 15.9. The van der Waals surface area contributed by atoms with Crippen LogP contribution in [0, 0.1) is 12.7 Å². The third kappa shape index (κ3) is 3.61. The van der Waals surface area contributed by atoms with Gasteiger partial charge in [0.15, 0.2) is 0 Å². The summed E-state index contributed by atoms with van der Waals surface area (Å²) in [5.74, 6) is -0.428. The maximum atomic E-state index is 13.2. The summed E-state index contributed by atoms with van der Waals surface area (Å²) in [6.45, 7) is 1.64. The molecular formula is C14H14BrFN2O2S. The van der Waals surface area contributed by atoms with Crippen LogP contribution in [-0.2, 0) is 16.6 Å². The lowest BCUT2D eigenvalue weighted by Crippen LogP contribution is -2.25. The normalized spacial score (nSPS) is 11.6. The fraction of sp³-hybridized carbons (Fsp3) is 0.143. The summed E-state index contributed by atoms with van der Waals surface area (Å²) in [6.07, 6.45) is 0. The minimum atomic E-state index is -3.77. The van der Waals surface area contributed by atoms with Crippen LogP contribution in [0.15, 0.2) is 45.8 Å². The highest BCUT2D eigenvalue weighted by molar-refractivity contribution is 9.10. The highest BCUT2D eigenvalue weighted by Crippen LogP contribution is 2.23. The van der Waals surface area contributed by atoms with Crippen molar-refractivity contribution in [1.82, 2.24) is 4.72 Å². The third-order valence-electron chi connectivity index (χ3n) is 2.97. The highest BCUT2D eigenvalue weighted by atomic mass is 79.9. The standard InChI is InChI=1S/C14H14BrFN2O2S/c1-9-3-2-4-13(17)14(9)21(19,20)18-8-10-7-11(16)5-6-12(10)15/h2-7,18H,8,17H2,1H3. The van der Waals surface area contributed by atoms with Crippen molar-refractivity contribution in [3.63, 3.8) is 0 Å². The molecule has 21 heavy (non-hydrogen) atoms. The summed E-state index contributed by atoms with van der Waals surface area (Å²) >= 11 is 3.26. The van der Waals surface area contributed by atoms with Gasteiger partial charge in [-0.15, -0.1) is 0 Å². The van der Waals surface area contributed by atoms with Crippen molar-refractivity contribution in [2.45, 2.75) is 18.4 Å². The molecule has 2 aromatic rings. The van der Waals surface area contributed by atoms with Crippen molar-refractivity contribution < 1.29 is 12.8 Å². The van der Waals surface area contributed by atoms with Crippen molar-refractivity contribution in [3.8, 4) is 0 Å². The molecule has 0 unspecified atom stereocenters. The zero-order chi connectivity index (χ0) is 15.6. The zero-order valence-corrected chi connectivity index (χ0v) is 13.6. The molecule has 0 fully saturated rings. The molecule has 112 valence electrons. The number of nitrogen functional groups attached to an aromatic ring is 1. The van der Waals surface area contributed by atoms with Crippen LogP contribution in [0.5, 0.6) is 0 Å². The van der Waals surface area contributed by atoms with Crippen molar-refractivity contribution in [2.75, 3.05) is 5.73 Å². The number of nitrogens with two attached hydrogens (primary N) is 1. The summed E-state index contributed by atoms with van der Waals surface area (Å²) in [6, 6.07) is 8.98. The zero-order valence-electron chi connectivity index (χ0n) is 11.2. The molecule has 3 N–H and O–H groups in total. The number of hydrogen-bond donors (Lipinski definition) is 2. The van der Waals surface area contributed by atoms with E-state index in [2.05, 4.69) is 20.7 Å². The average Bonchev–Trinajstić information content (AvgIpc) is 2.39. The van der Waals surface area contributed by atoms with Crippen LogP contribution in [0.3, 0.4) is 0 Å². The van der Waals surface area contributed by atoms with E-state index >= 15 is 0 Å². The van der Waals surface area contributed by atoms with E-state index in [0.29, 0.717) is 15.6 Å². The first-order valence-corrected chi connectivity index (χ1v) is 8.37. The number of aryl methyl sites for hydroxylation is 1. The number of benzene rings is 2. The van der Waals surface area contributed by atoms with Gasteiger partial charge in [-0.1, -0.05) is 28.1 Å². The van der Waals surface area contributed by atoms with Crippen molar-refractivity contribution in [2.24, 2.45) is 0 Å². The molecule has 0 aliphatic heterocycles. The van der Waals surface area contributed by atoms with Crippen LogP contribution in [-0.4, -0.2) is 8.42 Å². The summed E-state index contributed by atoms with van der Waals surface area (Å²) in [7, 11) is -3.77. The Morgan fingerprint density at radius 1 is 1.29 bits per heavy atom. The van der Waals surface area contributed by atoms with Gasteiger partial charge in [0.1, 0.15) is 10.7 Å². The lowest BCUT2D eigenvalue weighted by atomic mass is 10.2. The molecule has 2 rings (SSSR count). The Balaban J connectivity index is 2.28. The van der Waals surface area contributed by atoms with E-state index < -0.39 is 15.8 Å². The van der Waals surface area contributed by atoms with E-state index in [0.717, 1.165) is 0 Å². The van der Waals surface area contributed by atoms with E-state index in [1.54, 1.807) is 19.1 Å². The smallest absolute Gasteiger partial charge is 0.243 e. The second-order valence-electron chi connectivity index (χ2n) is 4.55. The minimum absolute atomic E-state index is 0.0333. The fourth-order valence-corrected chi connectivity index (χ4v) is 3.71. The molecular weight excluding hydrogens is 359 g/mol. The molecule has 0 radical (unpaired) electrons. The number of hydrogen-bond acceptors (Lipinski definition) is 3. The summed E-state index contributed by atoms with van der Waals surface area (Å²) in [5, 5.41) is 0. The van der Waals surface area contributed by atoms with Gasteiger partial charge in [0.2, 0.25) is 10.0 Å². The van der Waals surface area contributed by atoms with Crippen molar-refractivity contribution in [3.05, 3.63) is 57.8 Å². The van der Waals surface area contributed by atoms with Crippen molar-refractivity contribution in [1.29, 1.82) is 0 Å². The molecule has 0 heterocycles. The van der Waals surface area contributed by atoms with Crippen LogP contribution in [0.1, 0.15) is 11.1 Å². The Labute approximate surface area is 131 Å². The maximum absolute atomic E-state index is 13.2. The molecule has 0 aromatic heterocycles. The Bertz CT molecular complexity index is 758. The predicted molar refractivity (Wildman–Crippen MR) is 83.7 cm³/mol. The number of anilines is 1. The van der Waals surface area contributed by atoms with Crippen LogP contribution in [0.4, 0.5) is 10.1 Å². The fourth-order valence-electron chi connectivity index (χ4n) is 1.97. The molecule has 4 nitrogen and oxygen atoms in total. The molecule has 0 aliphatic rings. The van der Waals surface area contributed by atoms with Gasteiger partial charge >= 0.3 is 0 Å². The quantitative estimate of drug-likeness (QED) is 0.810. The number of rotatable bonds is 4. The second-order valence-corrected chi connectivity index (χ2v) is 7.11. The SMILES string of the molecule is Cc1cccc(N)c1S(=O)(=O)NCc1cc(F)ccc1Br. The number of sulfonamides is 1. The minimum Gasteiger partial charge on any atom is -0.398 e. The Morgan fingerprint density at radius 2 is 2.00 bits per heavy atom. The monoisotopic (exact) mass is 372 g/mol. The average molecular weight is 373 g/mol. The Morgan fingerprint density at radius 3 is 2.67 bits per heavy atom. The molecule has 0 atom stereocenters. The molecule has 2 aromatic carbocycles. The van der Waals surface area contributed by atoms with Gasteiger partial charge in [-0.25, -0.2) is 17.5 Å². The number of halogens is 2. The van der Waals surface area contributed by atoms with Crippen LogP contribution in [0.25, 0.3) is 0 Å². The summed E-state index contributed by atoms with van der Waals surface area (Å²) < 4.78 is 41.0. The molecule has 0 amide bonds. The summed E-state index contributed by atoms with van der Waals surface area (Å²) in [5.41, 5.74) is 6.98. The Hall–Kier alpha value is -1.44. The van der Waals surface area contributed by atoms with E-state index in [4.69, 9.17) is 5.73 Å². The van der Waals surface area contributed by atoms with Gasteiger partial charge in [0.05, 0.1) is 5.69 Å². The van der Waals surface area contributed by atoms with Gasteiger partial charge in [-0.3, -0.25) is 0 Å². The van der Waals surface area contributed by atoms with Crippen molar-refractivity contribution >= 4 is 31.6 Å². The van der Waals surface area contributed by atoms with Gasteiger partial charge in [-0.2, -0.15) is 0 Å². The van der Waals surface area contributed by atoms with Gasteiger partial charge < -0.3 is 5.73 Å². The second kappa shape index (κ2) is 6.13. The topological polar surface area (TPSA) is 72.2 Å². The molecule has 0 aliphatic carbocycles. The third-order valence-corrected chi connectivity index (χ3v) is 5.36. The van der Waals surface area contributed by atoms with Crippen LogP contribution in [0.2, 0.25) is 0 Å². The van der Waals surface area contributed by atoms with Gasteiger partial charge in [-0.05, 0) is 42.3 Å². The van der Waals surface area contributed by atoms with E-state index in [9.17, 15) is 12.8 Å². The molecule has 7 heteroatoms. The van der Waals surface area contributed by atoms with Gasteiger partial charge in [0.25, 0.3) is 0 Å². The molecule has 0 spiro atoms. The number of nitrogens with one attached hydrogen (secondary N) is 1. The van der Waals surface area contributed by atoms with Crippen LogP contribution < -0.4 is 10.5 Å².